The predicted molar refractivity (Wildman–Crippen MR) is 136 cm³/mol. The summed E-state index contributed by atoms with van der Waals surface area (Å²) in [5, 5.41) is 13.3. The Morgan fingerprint density at radius 1 is 0.839 bits per heavy atom. The van der Waals surface area contributed by atoms with Crippen LogP contribution >= 0.6 is 0 Å². The number of aliphatic hydroxyl groups is 1. The molecule has 0 aromatic heterocycles. The molecule has 0 heterocycles. The van der Waals surface area contributed by atoms with E-state index in [1.165, 1.54) is 64.2 Å². The molecule has 2 aliphatic carbocycles. The van der Waals surface area contributed by atoms with Gasteiger partial charge in [0.1, 0.15) is 0 Å². The number of rotatable bonds is 10. The van der Waals surface area contributed by atoms with Crippen LogP contribution in [-0.4, -0.2) is 24.8 Å². The SMILES string of the molecule is CCC(C(C)CCO)C1CCCC(C(C)C(C)C(NC)C2CCCC(C)C(C)CC2)C1. The quantitative estimate of drug-likeness (QED) is 0.371. The first-order valence-corrected chi connectivity index (χ1v) is 14.1. The van der Waals surface area contributed by atoms with E-state index in [-0.39, 0.29) is 0 Å². The van der Waals surface area contributed by atoms with Gasteiger partial charge in [-0.3, -0.25) is 0 Å². The average molecular weight is 436 g/mol. The Kier molecular flexibility index (Phi) is 11.9. The topological polar surface area (TPSA) is 32.3 Å². The van der Waals surface area contributed by atoms with Crippen molar-refractivity contribution in [3.05, 3.63) is 0 Å². The molecule has 0 radical (unpaired) electrons. The number of aliphatic hydroxyl groups excluding tert-OH is 1. The van der Waals surface area contributed by atoms with Crippen molar-refractivity contribution in [2.75, 3.05) is 13.7 Å². The van der Waals surface area contributed by atoms with Crippen molar-refractivity contribution in [1.29, 1.82) is 0 Å². The highest BCUT2D eigenvalue weighted by molar-refractivity contribution is 4.89. The maximum Gasteiger partial charge on any atom is 0.0433 e. The molecule has 2 N–H and O–H groups in total. The molecule has 2 rings (SSSR count). The second kappa shape index (κ2) is 13.6. The minimum absolute atomic E-state index is 0.351. The Balaban J connectivity index is 2.01. The van der Waals surface area contributed by atoms with Crippen LogP contribution in [0.3, 0.4) is 0 Å². The molecule has 0 aliphatic heterocycles. The molecule has 2 fully saturated rings. The van der Waals surface area contributed by atoms with Gasteiger partial charge in [0, 0.05) is 12.6 Å². The van der Waals surface area contributed by atoms with Crippen molar-refractivity contribution in [3.8, 4) is 0 Å². The maximum absolute atomic E-state index is 9.47. The van der Waals surface area contributed by atoms with Crippen molar-refractivity contribution < 1.29 is 5.11 Å². The molecule has 2 saturated carbocycles. The van der Waals surface area contributed by atoms with Crippen LogP contribution in [0.15, 0.2) is 0 Å². The Labute approximate surface area is 195 Å². The van der Waals surface area contributed by atoms with E-state index in [4.69, 9.17) is 0 Å². The molecular weight excluding hydrogens is 378 g/mol. The van der Waals surface area contributed by atoms with E-state index in [9.17, 15) is 5.11 Å². The van der Waals surface area contributed by atoms with Crippen molar-refractivity contribution in [2.45, 2.75) is 118 Å². The largest absolute Gasteiger partial charge is 0.396 e. The number of hydrogen-bond donors (Lipinski definition) is 2. The standard InChI is InChI=1S/C29H57NO/c1-8-28(22(4)17-18-31)27-14-10-13-26(19-27)23(5)24(6)29(30-7)25-12-9-11-20(2)21(3)15-16-25/h20-31H,8-19H2,1-7H3. The van der Waals surface area contributed by atoms with Crippen LogP contribution in [0.5, 0.6) is 0 Å². The highest BCUT2D eigenvalue weighted by Gasteiger charge is 2.37. The highest BCUT2D eigenvalue weighted by atomic mass is 16.3. The van der Waals surface area contributed by atoms with Gasteiger partial charge in [-0.15, -0.1) is 0 Å². The molecule has 0 bridgehead atoms. The number of nitrogens with one attached hydrogen (secondary N) is 1. The van der Waals surface area contributed by atoms with Gasteiger partial charge in [0.2, 0.25) is 0 Å². The van der Waals surface area contributed by atoms with Gasteiger partial charge in [0.05, 0.1) is 0 Å². The predicted octanol–water partition coefficient (Wildman–Crippen LogP) is 7.55. The molecule has 0 aromatic rings. The fourth-order valence-electron chi connectivity index (χ4n) is 7.69. The van der Waals surface area contributed by atoms with Gasteiger partial charge >= 0.3 is 0 Å². The smallest absolute Gasteiger partial charge is 0.0433 e. The third kappa shape index (κ3) is 7.46. The van der Waals surface area contributed by atoms with Gasteiger partial charge in [0.15, 0.2) is 0 Å². The lowest BCUT2D eigenvalue weighted by molar-refractivity contribution is 0.0770. The minimum atomic E-state index is 0.351. The summed E-state index contributed by atoms with van der Waals surface area (Å²) >= 11 is 0. The lowest BCUT2D eigenvalue weighted by atomic mass is 9.64. The Morgan fingerprint density at radius 2 is 1.45 bits per heavy atom. The fraction of sp³-hybridized carbons (Fsp3) is 1.00. The van der Waals surface area contributed by atoms with Crippen LogP contribution in [-0.2, 0) is 0 Å². The van der Waals surface area contributed by atoms with E-state index in [1.54, 1.807) is 0 Å². The van der Waals surface area contributed by atoms with Crippen LogP contribution in [0.25, 0.3) is 0 Å². The third-order valence-electron chi connectivity index (χ3n) is 10.3. The van der Waals surface area contributed by atoms with Gasteiger partial charge in [-0.25, -0.2) is 0 Å². The van der Waals surface area contributed by atoms with Crippen molar-refractivity contribution in [1.82, 2.24) is 5.32 Å². The van der Waals surface area contributed by atoms with Crippen molar-refractivity contribution >= 4 is 0 Å². The van der Waals surface area contributed by atoms with Gasteiger partial charge in [-0.2, -0.15) is 0 Å². The van der Waals surface area contributed by atoms with Crippen LogP contribution in [0.2, 0.25) is 0 Å². The Morgan fingerprint density at radius 3 is 2.10 bits per heavy atom. The first-order chi connectivity index (χ1) is 14.8. The fourth-order valence-corrected chi connectivity index (χ4v) is 7.69. The van der Waals surface area contributed by atoms with Gasteiger partial charge in [-0.05, 0) is 86.0 Å². The first kappa shape index (κ1) is 27.2. The molecule has 2 heteroatoms. The first-order valence-electron chi connectivity index (χ1n) is 14.1. The molecule has 0 spiro atoms. The van der Waals surface area contributed by atoms with Crippen LogP contribution in [0, 0.1) is 53.3 Å². The molecule has 0 amide bonds. The van der Waals surface area contributed by atoms with E-state index in [0.29, 0.717) is 18.6 Å². The zero-order valence-electron chi connectivity index (χ0n) is 22.2. The molecule has 0 aromatic carbocycles. The molecule has 2 nitrogen and oxygen atoms in total. The Bertz CT molecular complexity index is 479. The average Bonchev–Trinajstić information content (AvgIpc) is 2.76. The lowest BCUT2D eigenvalue weighted by Crippen LogP contribution is -2.44. The van der Waals surface area contributed by atoms with Crippen LogP contribution < -0.4 is 5.32 Å². The van der Waals surface area contributed by atoms with Gasteiger partial charge < -0.3 is 10.4 Å². The summed E-state index contributed by atoms with van der Waals surface area (Å²) in [6.45, 7) is 15.2. The molecular formula is C29H57NO. The molecule has 31 heavy (non-hydrogen) atoms. The summed E-state index contributed by atoms with van der Waals surface area (Å²) in [4.78, 5) is 0. The lowest BCUT2D eigenvalue weighted by Gasteiger charge is -2.43. The summed E-state index contributed by atoms with van der Waals surface area (Å²) in [5.41, 5.74) is 0. The zero-order valence-corrected chi connectivity index (χ0v) is 22.2. The minimum Gasteiger partial charge on any atom is -0.396 e. The van der Waals surface area contributed by atoms with Crippen LogP contribution in [0.1, 0.15) is 112 Å². The third-order valence-corrected chi connectivity index (χ3v) is 10.3. The van der Waals surface area contributed by atoms with Crippen molar-refractivity contribution in [3.63, 3.8) is 0 Å². The van der Waals surface area contributed by atoms with E-state index in [1.807, 2.05) is 0 Å². The van der Waals surface area contributed by atoms with E-state index in [2.05, 4.69) is 53.9 Å². The molecule has 10 unspecified atom stereocenters. The summed E-state index contributed by atoms with van der Waals surface area (Å²) < 4.78 is 0. The van der Waals surface area contributed by atoms with E-state index < -0.39 is 0 Å². The maximum atomic E-state index is 9.47. The second-order valence-electron chi connectivity index (χ2n) is 12.0. The van der Waals surface area contributed by atoms with Gasteiger partial charge in [0.25, 0.3) is 0 Å². The van der Waals surface area contributed by atoms with E-state index >= 15 is 0 Å². The van der Waals surface area contributed by atoms with Crippen molar-refractivity contribution in [2.24, 2.45) is 53.3 Å². The summed E-state index contributed by atoms with van der Waals surface area (Å²) in [6, 6.07) is 0.672. The summed E-state index contributed by atoms with van der Waals surface area (Å²) in [5.74, 6) is 7.41. The molecule has 2 aliphatic rings. The normalized spacial score (nSPS) is 35.4. The second-order valence-corrected chi connectivity index (χ2v) is 12.0. The van der Waals surface area contributed by atoms with E-state index in [0.717, 1.165) is 53.8 Å². The summed E-state index contributed by atoms with van der Waals surface area (Å²) in [6.07, 6.45) is 15.0. The monoisotopic (exact) mass is 435 g/mol. The highest BCUT2D eigenvalue weighted by Crippen LogP contribution is 2.44. The summed E-state index contributed by atoms with van der Waals surface area (Å²) in [7, 11) is 2.23. The molecule has 10 atom stereocenters. The molecule has 184 valence electrons. The zero-order chi connectivity index (χ0) is 23.0. The van der Waals surface area contributed by atoms with Crippen LogP contribution in [0.4, 0.5) is 0 Å². The van der Waals surface area contributed by atoms with Gasteiger partial charge in [-0.1, -0.05) is 86.5 Å². The Hall–Kier alpha value is -0.0800. The number of hydrogen-bond acceptors (Lipinski definition) is 2. The molecule has 0 saturated heterocycles.